The molecule has 0 amide bonds. The standard InChI is InChI=1S/C15H25N3O4S2/c1-12-5-4-10-18(11-12)24(21,22)17(3)13(2)14-6-8-15(9-7-14)23(16,19)20/h6-9,12-13H,4-5,10-11H2,1-3H3,(H2,16,19,20). The van der Waals surface area contributed by atoms with Crippen molar-refractivity contribution in [3.63, 3.8) is 0 Å². The third kappa shape index (κ3) is 4.15. The van der Waals surface area contributed by atoms with Gasteiger partial charge in [-0.15, -0.1) is 0 Å². The Bertz CT molecular complexity index is 775. The maximum Gasteiger partial charge on any atom is 0.282 e. The highest BCUT2D eigenvalue weighted by Crippen LogP contribution is 2.27. The van der Waals surface area contributed by atoms with E-state index in [-0.39, 0.29) is 4.90 Å². The SMILES string of the molecule is CC1CCCN(S(=O)(=O)N(C)C(C)c2ccc(S(N)(=O)=O)cc2)C1. The number of hydrogen-bond acceptors (Lipinski definition) is 4. The molecule has 0 spiro atoms. The van der Waals surface area contributed by atoms with Crippen LogP contribution in [0.1, 0.15) is 38.3 Å². The Balaban J connectivity index is 2.20. The van der Waals surface area contributed by atoms with E-state index in [1.807, 2.05) is 0 Å². The molecule has 1 aromatic rings. The summed E-state index contributed by atoms with van der Waals surface area (Å²) < 4.78 is 51.1. The van der Waals surface area contributed by atoms with E-state index in [2.05, 4.69) is 6.92 Å². The van der Waals surface area contributed by atoms with E-state index in [1.165, 1.54) is 20.7 Å². The summed E-state index contributed by atoms with van der Waals surface area (Å²) in [6.07, 6.45) is 1.91. The van der Waals surface area contributed by atoms with Crippen molar-refractivity contribution in [1.29, 1.82) is 0 Å². The summed E-state index contributed by atoms with van der Waals surface area (Å²) in [5, 5.41) is 5.08. The molecule has 9 heteroatoms. The van der Waals surface area contributed by atoms with Gasteiger partial charge in [0.25, 0.3) is 10.2 Å². The number of rotatable bonds is 5. The van der Waals surface area contributed by atoms with Crippen molar-refractivity contribution in [2.45, 2.75) is 37.6 Å². The Hall–Kier alpha value is -1.00. The fourth-order valence-corrected chi connectivity index (χ4v) is 5.09. The first kappa shape index (κ1) is 19.3. The number of sulfonamides is 1. The molecular weight excluding hydrogens is 350 g/mol. The van der Waals surface area contributed by atoms with Crippen molar-refractivity contribution < 1.29 is 16.8 Å². The summed E-state index contributed by atoms with van der Waals surface area (Å²) in [5.41, 5.74) is 0.707. The van der Waals surface area contributed by atoms with Gasteiger partial charge in [0, 0.05) is 26.2 Å². The van der Waals surface area contributed by atoms with Crippen LogP contribution >= 0.6 is 0 Å². The van der Waals surface area contributed by atoms with Gasteiger partial charge in [-0.1, -0.05) is 19.1 Å². The van der Waals surface area contributed by atoms with Gasteiger partial charge in [0.05, 0.1) is 4.90 Å². The van der Waals surface area contributed by atoms with Crippen LogP contribution in [-0.4, -0.2) is 45.6 Å². The lowest BCUT2D eigenvalue weighted by atomic mass is 10.0. The molecule has 2 N–H and O–H groups in total. The summed E-state index contributed by atoms with van der Waals surface area (Å²) in [4.78, 5) is 0.00816. The fourth-order valence-electron chi connectivity index (χ4n) is 2.88. The minimum atomic E-state index is -3.76. The Morgan fingerprint density at radius 1 is 1.21 bits per heavy atom. The summed E-state index contributed by atoms with van der Waals surface area (Å²) in [5.74, 6) is 0.353. The van der Waals surface area contributed by atoms with Gasteiger partial charge in [-0.25, -0.2) is 13.6 Å². The van der Waals surface area contributed by atoms with Crippen molar-refractivity contribution in [3.8, 4) is 0 Å². The van der Waals surface area contributed by atoms with Crippen molar-refractivity contribution in [2.75, 3.05) is 20.1 Å². The van der Waals surface area contributed by atoms with Crippen LogP contribution in [0.4, 0.5) is 0 Å². The average molecular weight is 376 g/mol. The van der Waals surface area contributed by atoms with E-state index in [9.17, 15) is 16.8 Å². The smallest absolute Gasteiger partial charge is 0.225 e. The van der Waals surface area contributed by atoms with Gasteiger partial charge >= 0.3 is 0 Å². The van der Waals surface area contributed by atoms with Crippen LogP contribution in [0.2, 0.25) is 0 Å². The Morgan fingerprint density at radius 3 is 2.29 bits per heavy atom. The van der Waals surface area contributed by atoms with Gasteiger partial charge in [0.2, 0.25) is 10.0 Å². The van der Waals surface area contributed by atoms with E-state index in [1.54, 1.807) is 26.1 Å². The molecule has 2 unspecified atom stereocenters. The zero-order valence-corrected chi connectivity index (χ0v) is 15.8. The van der Waals surface area contributed by atoms with E-state index < -0.39 is 26.3 Å². The first-order valence-corrected chi connectivity index (χ1v) is 10.8. The quantitative estimate of drug-likeness (QED) is 0.838. The van der Waals surface area contributed by atoms with E-state index >= 15 is 0 Å². The van der Waals surface area contributed by atoms with Crippen molar-refractivity contribution >= 4 is 20.2 Å². The highest BCUT2D eigenvalue weighted by Gasteiger charge is 2.33. The molecule has 7 nitrogen and oxygen atoms in total. The van der Waals surface area contributed by atoms with Gasteiger partial charge in [-0.2, -0.15) is 17.0 Å². The van der Waals surface area contributed by atoms with Crippen molar-refractivity contribution in [1.82, 2.24) is 8.61 Å². The molecule has 2 atom stereocenters. The molecule has 1 heterocycles. The maximum absolute atomic E-state index is 12.8. The lowest BCUT2D eigenvalue weighted by Gasteiger charge is -2.35. The second-order valence-electron chi connectivity index (χ2n) is 6.42. The van der Waals surface area contributed by atoms with Crippen LogP contribution < -0.4 is 5.14 Å². The highest BCUT2D eigenvalue weighted by atomic mass is 32.2. The molecule has 0 radical (unpaired) electrons. The van der Waals surface area contributed by atoms with Crippen LogP contribution in [0.25, 0.3) is 0 Å². The molecule has 0 bridgehead atoms. The van der Waals surface area contributed by atoms with Gasteiger partial charge in [-0.05, 0) is 43.4 Å². The maximum atomic E-state index is 12.8. The molecule has 0 saturated carbocycles. The van der Waals surface area contributed by atoms with Gasteiger partial charge < -0.3 is 0 Å². The first-order valence-electron chi connectivity index (χ1n) is 7.89. The lowest BCUT2D eigenvalue weighted by molar-refractivity contribution is 0.255. The van der Waals surface area contributed by atoms with E-state index in [0.29, 0.717) is 24.6 Å². The third-order valence-electron chi connectivity index (χ3n) is 4.55. The first-order chi connectivity index (χ1) is 11.0. The molecule has 136 valence electrons. The Morgan fingerprint density at radius 2 is 1.79 bits per heavy atom. The topological polar surface area (TPSA) is 101 Å². The number of nitrogens with zero attached hydrogens (tertiary/aromatic N) is 2. The second-order valence-corrected chi connectivity index (χ2v) is 9.97. The Kier molecular flexibility index (Phi) is 5.71. The minimum Gasteiger partial charge on any atom is -0.225 e. The number of primary sulfonamides is 1. The zero-order chi connectivity index (χ0) is 18.1. The predicted molar refractivity (Wildman–Crippen MR) is 92.9 cm³/mol. The van der Waals surface area contributed by atoms with Gasteiger partial charge in [0.1, 0.15) is 0 Å². The zero-order valence-electron chi connectivity index (χ0n) is 14.2. The molecule has 1 aliphatic heterocycles. The van der Waals surface area contributed by atoms with Crippen molar-refractivity contribution in [3.05, 3.63) is 29.8 Å². The monoisotopic (exact) mass is 375 g/mol. The molecule has 1 fully saturated rings. The van der Waals surface area contributed by atoms with Gasteiger partial charge in [0.15, 0.2) is 0 Å². The summed E-state index contributed by atoms with van der Waals surface area (Å²) >= 11 is 0. The highest BCUT2D eigenvalue weighted by molar-refractivity contribution is 7.89. The molecule has 1 aliphatic rings. The summed E-state index contributed by atoms with van der Waals surface area (Å²) in [6, 6.07) is 5.56. The van der Waals surface area contributed by atoms with Crippen molar-refractivity contribution in [2.24, 2.45) is 11.1 Å². The van der Waals surface area contributed by atoms with Gasteiger partial charge in [-0.3, -0.25) is 0 Å². The Labute approximate surface area is 144 Å². The number of piperidine rings is 1. The van der Waals surface area contributed by atoms with Crippen LogP contribution in [0.3, 0.4) is 0 Å². The minimum absolute atomic E-state index is 0.00816. The molecule has 0 aliphatic carbocycles. The lowest BCUT2D eigenvalue weighted by Crippen LogP contribution is -2.46. The summed E-state index contributed by atoms with van der Waals surface area (Å²) in [7, 11) is -5.77. The van der Waals surface area contributed by atoms with Crippen LogP contribution in [-0.2, 0) is 20.2 Å². The van der Waals surface area contributed by atoms with E-state index in [4.69, 9.17) is 5.14 Å². The number of hydrogen-bond donors (Lipinski definition) is 1. The normalized spacial score (nSPS) is 21.8. The van der Waals surface area contributed by atoms with Crippen LogP contribution in [0.15, 0.2) is 29.2 Å². The molecule has 2 rings (SSSR count). The number of benzene rings is 1. The average Bonchev–Trinajstić information content (AvgIpc) is 2.52. The molecule has 1 aromatic carbocycles. The number of nitrogens with two attached hydrogens (primary N) is 1. The molecule has 24 heavy (non-hydrogen) atoms. The predicted octanol–water partition coefficient (Wildman–Crippen LogP) is 1.30. The molecular formula is C15H25N3O4S2. The fraction of sp³-hybridized carbons (Fsp3) is 0.600. The third-order valence-corrected chi connectivity index (χ3v) is 7.50. The second kappa shape index (κ2) is 7.09. The molecule has 1 saturated heterocycles. The van der Waals surface area contributed by atoms with Crippen LogP contribution in [0, 0.1) is 5.92 Å². The summed E-state index contributed by atoms with van der Waals surface area (Å²) in [6.45, 7) is 4.89. The largest absolute Gasteiger partial charge is 0.282 e. The molecule has 0 aromatic heterocycles. The van der Waals surface area contributed by atoms with Crippen LogP contribution in [0.5, 0.6) is 0 Å². The van der Waals surface area contributed by atoms with E-state index in [0.717, 1.165) is 12.8 Å².